The predicted molar refractivity (Wildman–Crippen MR) is 113 cm³/mol. The molecule has 150 valence electrons. The summed E-state index contributed by atoms with van der Waals surface area (Å²) in [6, 6.07) is 6.24. The highest BCUT2D eigenvalue weighted by atomic mass is 35.5. The molecule has 1 aromatic heterocycles. The Morgan fingerprint density at radius 1 is 1.14 bits per heavy atom. The lowest BCUT2D eigenvalue weighted by Crippen LogP contribution is -2.48. The molecule has 2 aromatic rings. The predicted octanol–water partition coefficient (Wildman–Crippen LogP) is 3.85. The van der Waals surface area contributed by atoms with Crippen LogP contribution >= 0.6 is 11.6 Å². The molecule has 5 rings (SSSR count). The molecule has 0 radical (unpaired) electrons. The van der Waals surface area contributed by atoms with Gasteiger partial charge in [-0.25, -0.2) is 4.98 Å². The number of fused-ring (bicyclic) bond motifs is 2. The van der Waals surface area contributed by atoms with Gasteiger partial charge in [0.1, 0.15) is 5.82 Å². The third-order valence-corrected chi connectivity index (χ3v) is 7.04. The molecular formula is C22H29ClN4O. The molecule has 2 saturated carbocycles. The maximum Gasteiger partial charge on any atom is 0.147 e. The van der Waals surface area contributed by atoms with Crippen LogP contribution in [-0.2, 0) is 4.74 Å². The van der Waals surface area contributed by atoms with Gasteiger partial charge in [0, 0.05) is 30.8 Å². The molecule has 0 unspecified atom stereocenters. The highest BCUT2D eigenvalue weighted by molar-refractivity contribution is 6.31. The van der Waals surface area contributed by atoms with E-state index in [9.17, 15) is 0 Å². The monoisotopic (exact) mass is 400 g/mol. The van der Waals surface area contributed by atoms with Crippen molar-refractivity contribution in [1.29, 1.82) is 0 Å². The number of benzene rings is 1. The van der Waals surface area contributed by atoms with Gasteiger partial charge < -0.3 is 14.5 Å². The molecule has 5 nitrogen and oxygen atoms in total. The molecule has 3 aliphatic rings. The normalized spacial score (nSPS) is 30.2. The number of hydrogen-bond acceptors (Lipinski definition) is 5. The van der Waals surface area contributed by atoms with E-state index in [-0.39, 0.29) is 0 Å². The fourth-order valence-electron chi connectivity index (χ4n) is 4.97. The van der Waals surface area contributed by atoms with Gasteiger partial charge >= 0.3 is 0 Å². The van der Waals surface area contributed by atoms with Gasteiger partial charge in [-0.1, -0.05) is 11.6 Å². The second-order valence-electron chi connectivity index (χ2n) is 9.10. The minimum absolute atomic E-state index is 0.363. The van der Waals surface area contributed by atoms with E-state index in [2.05, 4.69) is 28.9 Å². The van der Waals surface area contributed by atoms with Crippen LogP contribution in [-0.4, -0.2) is 60.8 Å². The van der Waals surface area contributed by atoms with Crippen LogP contribution in [0.25, 0.3) is 11.0 Å². The van der Waals surface area contributed by atoms with E-state index in [1.165, 1.54) is 19.3 Å². The standard InChI is InChI=1S/C22H29ClN4O/c1-26(2)20-7-15-11-27(12-16(15)8-21(20)28-13-14-3-4-14)22-10-24-19-9-17(23)5-6-18(19)25-22/h5-6,9-10,14-16,20-21H,3-4,7-8,11-13H2,1-2H3/t15-,16+,20-,21-/m1/s1. The molecule has 1 saturated heterocycles. The summed E-state index contributed by atoms with van der Waals surface area (Å²) in [5.74, 6) is 3.20. The van der Waals surface area contributed by atoms with E-state index in [1.54, 1.807) is 0 Å². The molecule has 3 fully saturated rings. The zero-order chi connectivity index (χ0) is 19.3. The molecule has 0 N–H and O–H groups in total. The number of aromatic nitrogens is 2. The fourth-order valence-corrected chi connectivity index (χ4v) is 5.14. The maximum atomic E-state index is 6.40. The SMILES string of the molecule is CN(C)[C@@H]1C[C@@H]2CN(c3cnc4cc(Cl)ccc4n3)C[C@@H]2C[C@H]1OCC1CC1. The van der Waals surface area contributed by atoms with E-state index in [4.69, 9.17) is 21.3 Å². The number of nitrogens with zero attached hydrogens (tertiary/aromatic N) is 4. The Bertz CT molecular complexity index is 856. The molecular weight excluding hydrogens is 372 g/mol. The van der Waals surface area contributed by atoms with Crippen molar-refractivity contribution in [3.05, 3.63) is 29.4 Å². The number of ether oxygens (including phenoxy) is 1. The summed E-state index contributed by atoms with van der Waals surface area (Å²) in [6.07, 6.45) is 7.34. The van der Waals surface area contributed by atoms with Gasteiger partial charge in [0.2, 0.25) is 0 Å². The zero-order valence-electron chi connectivity index (χ0n) is 16.7. The molecule has 0 spiro atoms. The maximum absolute atomic E-state index is 6.40. The zero-order valence-corrected chi connectivity index (χ0v) is 17.5. The lowest BCUT2D eigenvalue weighted by atomic mass is 9.77. The lowest BCUT2D eigenvalue weighted by molar-refractivity contribution is -0.0493. The first-order chi connectivity index (χ1) is 13.6. The van der Waals surface area contributed by atoms with E-state index in [1.807, 2.05) is 24.4 Å². The number of rotatable bonds is 5. The summed E-state index contributed by atoms with van der Waals surface area (Å²) in [5.41, 5.74) is 1.77. The molecule has 6 heteroatoms. The molecule has 1 aliphatic heterocycles. The van der Waals surface area contributed by atoms with Gasteiger partial charge in [-0.15, -0.1) is 0 Å². The highest BCUT2D eigenvalue weighted by Gasteiger charge is 2.44. The number of likely N-dealkylation sites (N-methyl/N-ethyl adjacent to an activating group) is 1. The summed E-state index contributed by atoms with van der Waals surface area (Å²) < 4.78 is 6.40. The molecule has 0 amide bonds. The second kappa shape index (κ2) is 7.43. The first-order valence-electron chi connectivity index (χ1n) is 10.5. The minimum atomic E-state index is 0.363. The van der Waals surface area contributed by atoms with Gasteiger partial charge in [-0.2, -0.15) is 0 Å². The Labute approximate surface area is 172 Å². The molecule has 28 heavy (non-hydrogen) atoms. The quantitative estimate of drug-likeness (QED) is 0.762. The largest absolute Gasteiger partial charge is 0.376 e. The smallest absolute Gasteiger partial charge is 0.147 e. The lowest BCUT2D eigenvalue weighted by Gasteiger charge is -2.41. The van der Waals surface area contributed by atoms with Gasteiger partial charge in [-0.05, 0) is 75.7 Å². The van der Waals surface area contributed by atoms with Crippen LogP contribution in [0.3, 0.4) is 0 Å². The van der Waals surface area contributed by atoms with Crippen LogP contribution in [0.2, 0.25) is 5.02 Å². The van der Waals surface area contributed by atoms with Crippen molar-refractivity contribution in [3.63, 3.8) is 0 Å². The van der Waals surface area contributed by atoms with E-state index >= 15 is 0 Å². The van der Waals surface area contributed by atoms with Crippen LogP contribution in [0.4, 0.5) is 5.82 Å². The van der Waals surface area contributed by atoms with Crippen LogP contribution in [0, 0.1) is 17.8 Å². The third kappa shape index (κ3) is 3.72. The first-order valence-corrected chi connectivity index (χ1v) is 10.9. The Balaban J connectivity index is 1.31. The van der Waals surface area contributed by atoms with Crippen molar-refractivity contribution < 1.29 is 4.74 Å². The fraction of sp³-hybridized carbons (Fsp3) is 0.636. The molecule has 1 aromatic carbocycles. The number of halogens is 1. The highest BCUT2D eigenvalue weighted by Crippen LogP contribution is 2.41. The van der Waals surface area contributed by atoms with Crippen molar-refractivity contribution in [2.75, 3.05) is 38.7 Å². The summed E-state index contributed by atoms with van der Waals surface area (Å²) in [6.45, 7) is 3.08. The van der Waals surface area contributed by atoms with E-state index in [0.29, 0.717) is 29.0 Å². The number of anilines is 1. The Hall–Kier alpha value is -1.43. The van der Waals surface area contributed by atoms with Crippen LogP contribution < -0.4 is 4.90 Å². The minimum Gasteiger partial charge on any atom is -0.376 e. The van der Waals surface area contributed by atoms with Crippen LogP contribution in [0.15, 0.2) is 24.4 Å². The first kappa shape index (κ1) is 18.6. The van der Waals surface area contributed by atoms with Gasteiger partial charge in [0.05, 0.1) is 23.3 Å². The summed E-state index contributed by atoms with van der Waals surface area (Å²) in [7, 11) is 4.40. The van der Waals surface area contributed by atoms with Crippen molar-refractivity contribution in [2.45, 2.75) is 37.8 Å². The van der Waals surface area contributed by atoms with Gasteiger partial charge in [0.25, 0.3) is 0 Å². The van der Waals surface area contributed by atoms with Gasteiger partial charge in [-0.3, -0.25) is 4.98 Å². The molecule has 2 heterocycles. The van der Waals surface area contributed by atoms with E-state index in [0.717, 1.165) is 48.9 Å². The van der Waals surface area contributed by atoms with Crippen molar-refractivity contribution in [3.8, 4) is 0 Å². The van der Waals surface area contributed by atoms with Crippen LogP contribution in [0.1, 0.15) is 25.7 Å². The summed E-state index contributed by atoms with van der Waals surface area (Å²) >= 11 is 6.08. The second-order valence-corrected chi connectivity index (χ2v) is 9.54. The average Bonchev–Trinajstić information content (AvgIpc) is 3.42. The third-order valence-electron chi connectivity index (χ3n) is 6.81. The Morgan fingerprint density at radius 3 is 2.68 bits per heavy atom. The topological polar surface area (TPSA) is 41.5 Å². The van der Waals surface area contributed by atoms with Gasteiger partial charge in [0.15, 0.2) is 0 Å². The molecule has 4 atom stereocenters. The average molecular weight is 401 g/mol. The summed E-state index contributed by atoms with van der Waals surface area (Å²) in [4.78, 5) is 14.3. The van der Waals surface area contributed by atoms with Crippen LogP contribution in [0.5, 0.6) is 0 Å². The molecule has 0 bridgehead atoms. The van der Waals surface area contributed by atoms with Crippen molar-refractivity contribution in [2.24, 2.45) is 17.8 Å². The van der Waals surface area contributed by atoms with Crippen molar-refractivity contribution >= 4 is 28.5 Å². The Morgan fingerprint density at radius 2 is 1.93 bits per heavy atom. The molecule has 2 aliphatic carbocycles. The number of hydrogen-bond donors (Lipinski definition) is 0. The van der Waals surface area contributed by atoms with Crippen molar-refractivity contribution in [1.82, 2.24) is 14.9 Å². The summed E-state index contributed by atoms with van der Waals surface area (Å²) in [5, 5.41) is 0.703. The Kier molecular flexibility index (Phi) is 4.93. The van der Waals surface area contributed by atoms with E-state index < -0.39 is 0 Å².